The maximum absolute atomic E-state index is 11.8. The number of rotatable bonds is 3. The van der Waals surface area contributed by atoms with Gasteiger partial charge in [-0.2, -0.15) is 5.26 Å². The van der Waals surface area contributed by atoms with E-state index in [-0.39, 0.29) is 4.90 Å². The second-order valence-electron chi connectivity index (χ2n) is 3.58. The Kier molecular flexibility index (Phi) is 3.65. The predicted molar refractivity (Wildman–Crippen MR) is 59.9 cm³/mol. The number of benzene rings is 1. The molecule has 16 heavy (non-hydrogen) atoms. The fourth-order valence-electron chi connectivity index (χ4n) is 1.31. The Hall–Kier alpha value is -1.42. The fourth-order valence-corrected chi connectivity index (χ4v) is 2.62. The summed E-state index contributed by atoms with van der Waals surface area (Å²) in [5.41, 5.74) is 0.995. The van der Waals surface area contributed by atoms with Gasteiger partial charge in [0, 0.05) is 14.1 Å². The van der Waals surface area contributed by atoms with Gasteiger partial charge in [-0.25, -0.2) is 13.4 Å². The van der Waals surface area contributed by atoms with Gasteiger partial charge in [0.05, 0.1) is 16.5 Å². The van der Waals surface area contributed by atoms with Crippen molar-refractivity contribution in [1.82, 2.24) is 9.84 Å². The number of nitrogens with zero attached hydrogens (tertiary/aromatic N) is 2. The molecule has 0 amide bonds. The van der Waals surface area contributed by atoms with Crippen molar-refractivity contribution >= 4 is 10.0 Å². The quantitative estimate of drug-likeness (QED) is 0.785. The minimum absolute atomic E-state index is 0.181. The Balaban J connectivity index is 3.20. The van der Waals surface area contributed by atoms with Crippen molar-refractivity contribution < 1.29 is 8.42 Å². The first kappa shape index (κ1) is 12.6. The zero-order valence-corrected chi connectivity index (χ0v) is 10.2. The lowest BCUT2D eigenvalue weighted by atomic mass is 10.2. The Morgan fingerprint density at radius 2 is 2.00 bits per heavy atom. The van der Waals surface area contributed by atoms with Crippen molar-refractivity contribution in [2.45, 2.75) is 11.8 Å². The van der Waals surface area contributed by atoms with Crippen molar-refractivity contribution in [3.63, 3.8) is 0 Å². The summed E-state index contributed by atoms with van der Waals surface area (Å²) in [6.07, 6.45) is 0. The van der Waals surface area contributed by atoms with Crippen molar-refractivity contribution in [2.24, 2.45) is 0 Å². The molecular formula is C10H13N3O2S. The minimum atomic E-state index is -3.55. The fraction of sp³-hybridized carbons (Fsp3) is 0.300. The van der Waals surface area contributed by atoms with Gasteiger partial charge in [0.25, 0.3) is 10.0 Å². The molecule has 0 saturated carbocycles. The zero-order valence-electron chi connectivity index (χ0n) is 9.35. The Morgan fingerprint density at radius 3 is 2.44 bits per heavy atom. The van der Waals surface area contributed by atoms with E-state index in [9.17, 15) is 8.42 Å². The Morgan fingerprint density at radius 1 is 1.38 bits per heavy atom. The summed E-state index contributed by atoms with van der Waals surface area (Å²) >= 11 is 0. The lowest BCUT2D eigenvalue weighted by Crippen LogP contribution is -2.36. The summed E-state index contributed by atoms with van der Waals surface area (Å²) < 4.78 is 23.7. The lowest BCUT2D eigenvalue weighted by molar-refractivity contribution is 0.364. The molecular weight excluding hydrogens is 226 g/mol. The van der Waals surface area contributed by atoms with E-state index in [1.54, 1.807) is 27.1 Å². The van der Waals surface area contributed by atoms with Crippen LogP contribution in [0.2, 0.25) is 0 Å². The number of nitrogens with one attached hydrogen (secondary N) is 1. The van der Waals surface area contributed by atoms with E-state index in [0.717, 1.165) is 0 Å². The normalized spacial score (nSPS) is 11.4. The summed E-state index contributed by atoms with van der Waals surface area (Å²) in [4.78, 5) is 2.52. The first-order valence-electron chi connectivity index (χ1n) is 4.57. The molecule has 0 fully saturated rings. The van der Waals surface area contributed by atoms with Gasteiger partial charge in [-0.15, -0.1) is 4.83 Å². The van der Waals surface area contributed by atoms with Gasteiger partial charge in [0.15, 0.2) is 0 Å². The van der Waals surface area contributed by atoms with Crippen LogP contribution in [-0.4, -0.2) is 27.5 Å². The van der Waals surface area contributed by atoms with Gasteiger partial charge in [0.2, 0.25) is 0 Å². The Bertz CT molecular complexity index is 529. The number of hydrogen-bond acceptors (Lipinski definition) is 4. The van der Waals surface area contributed by atoms with E-state index in [1.165, 1.54) is 17.1 Å². The average Bonchev–Trinajstić information content (AvgIpc) is 2.14. The minimum Gasteiger partial charge on any atom is -0.237 e. The number of hydrazine groups is 1. The molecule has 0 aliphatic heterocycles. The summed E-state index contributed by atoms with van der Waals surface area (Å²) in [6, 6.07) is 6.42. The highest BCUT2D eigenvalue weighted by Gasteiger charge is 2.17. The molecule has 86 valence electrons. The maximum atomic E-state index is 11.8. The molecule has 0 aliphatic rings. The summed E-state index contributed by atoms with van der Waals surface area (Å²) in [5, 5.41) is 10.0. The molecule has 0 saturated heterocycles. The van der Waals surface area contributed by atoms with E-state index < -0.39 is 10.0 Å². The van der Waals surface area contributed by atoms with Gasteiger partial charge < -0.3 is 0 Å². The topological polar surface area (TPSA) is 73.2 Å². The van der Waals surface area contributed by atoms with Crippen molar-refractivity contribution in [1.29, 1.82) is 5.26 Å². The molecule has 1 N–H and O–H groups in total. The average molecular weight is 239 g/mol. The highest BCUT2D eigenvalue weighted by atomic mass is 32.2. The number of hydrogen-bond donors (Lipinski definition) is 1. The van der Waals surface area contributed by atoms with E-state index in [0.29, 0.717) is 11.1 Å². The summed E-state index contributed by atoms with van der Waals surface area (Å²) in [5.74, 6) is 0. The van der Waals surface area contributed by atoms with Crippen LogP contribution in [0.3, 0.4) is 0 Å². The largest absolute Gasteiger partial charge is 0.253 e. The molecule has 1 rings (SSSR count). The molecule has 0 aliphatic carbocycles. The summed E-state index contributed by atoms with van der Waals surface area (Å²) in [7, 11) is -0.361. The van der Waals surface area contributed by atoms with Crippen LogP contribution in [0, 0.1) is 18.3 Å². The molecule has 6 heteroatoms. The van der Waals surface area contributed by atoms with Crippen LogP contribution in [0.4, 0.5) is 0 Å². The van der Waals surface area contributed by atoms with Gasteiger partial charge in [-0.05, 0) is 30.7 Å². The second-order valence-corrected chi connectivity index (χ2v) is 5.21. The van der Waals surface area contributed by atoms with Crippen LogP contribution in [-0.2, 0) is 10.0 Å². The molecule has 0 heterocycles. The Labute approximate surface area is 95.3 Å². The van der Waals surface area contributed by atoms with Crippen molar-refractivity contribution in [3.8, 4) is 6.07 Å². The highest BCUT2D eigenvalue weighted by Crippen LogP contribution is 2.16. The predicted octanol–water partition coefficient (Wildman–Crippen LogP) is 0.622. The molecule has 0 atom stereocenters. The third kappa shape index (κ3) is 2.79. The second kappa shape index (κ2) is 4.61. The first-order valence-corrected chi connectivity index (χ1v) is 6.05. The van der Waals surface area contributed by atoms with Crippen LogP contribution in [0.5, 0.6) is 0 Å². The molecule has 0 bridgehead atoms. The third-order valence-corrected chi connectivity index (χ3v) is 3.54. The van der Waals surface area contributed by atoms with Crippen LogP contribution < -0.4 is 4.83 Å². The number of aryl methyl sites for hydroxylation is 1. The van der Waals surface area contributed by atoms with Gasteiger partial charge in [0.1, 0.15) is 0 Å². The summed E-state index contributed by atoms with van der Waals surface area (Å²) in [6.45, 7) is 1.66. The van der Waals surface area contributed by atoms with Crippen molar-refractivity contribution in [3.05, 3.63) is 29.3 Å². The van der Waals surface area contributed by atoms with Crippen LogP contribution in [0.15, 0.2) is 23.1 Å². The smallest absolute Gasteiger partial charge is 0.237 e. The third-order valence-electron chi connectivity index (χ3n) is 1.90. The standard InChI is InChI=1S/C10H13N3O2S/c1-8-6-9(7-11)4-5-10(8)16(14,15)12-13(2)3/h4-6,12H,1-3H3. The highest BCUT2D eigenvalue weighted by molar-refractivity contribution is 7.89. The molecule has 0 spiro atoms. The molecule has 0 unspecified atom stereocenters. The van der Waals surface area contributed by atoms with Gasteiger partial charge in [-0.1, -0.05) is 0 Å². The molecule has 0 aromatic heterocycles. The molecule has 5 nitrogen and oxygen atoms in total. The number of nitriles is 1. The monoisotopic (exact) mass is 239 g/mol. The van der Waals surface area contributed by atoms with E-state index in [2.05, 4.69) is 4.83 Å². The van der Waals surface area contributed by atoms with Gasteiger partial charge in [-0.3, -0.25) is 0 Å². The van der Waals surface area contributed by atoms with Crippen LogP contribution in [0.25, 0.3) is 0 Å². The lowest BCUT2D eigenvalue weighted by Gasteiger charge is -2.13. The van der Waals surface area contributed by atoms with E-state index >= 15 is 0 Å². The first-order chi connectivity index (χ1) is 7.36. The van der Waals surface area contributed by atoms with Crippen molar-refractivity contribution in [2.75, 3.05) is 14.1 Å². The van der Waals surface area contributed by atoms with Crippen LogP contribution >= 0.6 is 0 Å². The SMILES string of the molecule is Cc1cc(C#N)ccc1S(=O)(=O)NN(C)C. The van der Waals surface area contributed by atoms with Crippen LogP contribution in [0.1, 0.15) is 11.1 Å². The van der Waals surface area contributed by atoms with E-state index in [4.69, 9.17) is 5.26 Å². The van der Waals surface area contributed by atoms with Gasteiger partial charge >= 0.3 is 0 Å². The molecule has 0 radical (unpaired) electrons. The zero-order chi connectivity index (χ0) is 12.3. The number of sulfonamides is 1. The molecule has 1 aromatic rings. The molecule has 1 aromatic carbocycles. The van der Waals surface area contributed by atoms with E-state index in [1.807, 2.05) is 6.07 Å². The maximum Gasteiger partial charge on any atom is 0.253 e.